The van der Waals surface area contributed by atoms with Gasteiger partial charge in [-0.3, -0.25) is 9.48 Å². The third-order valence-corrected chi connectivity index (χ3v) is 9.14. The van der Waals surface area contributed by atoms with Crippen molar-refractivity contribution in [2.45, 2.75) is 30.8 Å². The Morgan fingerprint density at radius 2 is 1.81 bits per heavy atom. The zero-order valence-corrected chi connectivity index (χ0v) is 19.2. The van der Waals surface area contributed by atoms with Crippen molar-refractivity contribution in [3.05, 3.63) is 59.6 Å². The fourth-order valence-electron chi connectivity index (χ4n) is 4.18. The van der Waals surface area contributed by atoms with Crippen molar-refractivity contribution in [2.75, 3.05) is 0 Å². The van der Waals surface area contributed by atoms with E-state index in [0.29, 0.717) is 4.88 Å². The first kappa shape index (κ1) is 20.9. The Hall–Kier alpha value is -3.01. The van der Waals surface area contributed by atoms with Gasteiger partial charge in [-0.1, -0.05) is 37.3 Å². The molecule has 0 saturated heterocycles. The van der Waals surface area contributed by atoms with E-state index in [4.69, 9.17) is 0 Å². The summed E-state index contributed by atoms with van der Waals surface area (Å²) in [5.41, 5.74) is 4.16. The van der Waals surface area contributed by atoms with Crippen LogP contribution in [0.1, 0.15) is 18.2 Å². The Labute approximate surface area is 189 Å². The molecule has 2 aromatic carbocycles. The van der Waals surface area contributed by atoms with Gasteiger partial charge in [-0.15, -0.1) is 11.3 Å². The third-order valence-electron chi connectivity index (χ3n) is 5.92. The average Bonchev–Trinajstić information content (AvgIpc) is 3.43. The molecule has 0 bridgehead atoms. The second-order valence-corrected chi connectivity index (χ2v) is 10.8. The van der Waals surface area contributed by atoms with Gasteiger partial charge in [-0.25, -0.2) is 8.42 Å². The summed E-state index contributed by atoms with van der Waals surface area (Å²) in [5.74, 6) is -1.12. The number of thiophene rings is 1. The van der Waals surface area contributed by atoms with E-state index in [2.05, 4.69) is 17.2 Å². The summed E-state index contributed by atoms with van der Waals surface area (Å²) in [5, 5.41) is 14.7. The number of carboxylic acid groups (broad SMARTS) is 1. The van der Waals surface area contributed by atoms with Crippen molar-refractivity contribution in [3.63, 3.8) is 0 Å². The van der Waals surface area contributed by atoms with E-state index >= 15 is 0 Å². The van der Waals surface area contributed by atoms with Gasteiger partial charge in [-0.2, -0.15) is 9.40 Å². The highest BCUT2D eigenvalue weighted by Crippen LogP contribution is 2.42. The Kier molecular flexibility index (Phi) is 4.92. The number of aromatic nitrogens is 2. The number of benzene rings is 2. The molecule has 3 heterocycles. The Morgan fingerprint density at radius 1 is 1.12 bits per heavy atom. The zero-order valence-electron chi connectivity index (χ0n) is 17.5. The molecule has 1 atom stereocenters. The molecule has 0 radical (unpaired) electrons. The van der Waals surface area contributed by atoms with Gasteiger partial charge in [0.2, 0.25) is 10.0 Å². The highest BCUT2D eigenvalue weighted by Gasteiger charge is 2.43. The first-order valence-electron chi connectivity index (χ1n) is 10.2. The SMILES string of the molecule is CCC(C(=O)O)N1Cc2sc(-c3ccc(-c4ccc5c(cnn5C)c4)cc3)cc2S1(=O)=O. The number of fused-ring (bicyclic) bond motifs is 2. The minimum Gasteiger partial charge on any atom is -0.480 e. The number of sulfonamides is 1. The summed E-state index contributed by atoms with van der Waals surface area (Å²) >= 11 is 1.40. The van der Waals surface area contributed by atoms with Crippen LogP contribution in [0.5, 0.6) is 0 Å². The molecule has 0 spiro atoms. The lowest BCUT2D eigenvalue weighted by Crippen LogP contribution is -2.40. The van der Waals surface area contributed by atoms with Crippen LogP contribution in [0.4, 0.5) is 0 Å². The smallest absolute Gasteiger partial charge is 0.322 e. The Morgan fingerprint density at radius 3 is 2.47 bits per heavy atom. The van der Waals surface area contributed by atoms with Gasteiger partial charge < -0.3 is 5.11 Å². The van der Waals surface area contributed by atoms with Crippen LogP contribution >= 0.6 is 11.3 Å². The van der Waals surface area contributed by atoms with Crippen LogP contribution < -0.4 is 0 Å². The molecular formula is C23H21N3O4S2. The predicted molar refractivity (Wildman–Crippen MR) is 124 cm³/mol. The van der Waals surface area contributed by atoms with Crippen LogP contribution in [-0.4, -0.2) is 39.6 Å². The summed E-state index contributed by atoms with van der Waals surface area (Å²) in [6, 6.07) is 14.9. The number of carboxylic acids is 1. The van der Waals surface area contributed by atoms with E-state index in [0.717, 1.165) is 36.8 Å². The maximum absolute atomic E-state index is 12.9. The van der Waals surface area contributed by atoms with Crippen molar-refractivity contribution in [1.29, 1.82) is 0 Å². The molecule has 0 amide bonds. The van der Waals surface area contributed by atoms with Crippen molar-refractivity contribution < 1.29 is 18.3 Å². The lowest BCUT2D eigenvalue weighted by atomic mass is 10.0. The van der Waals surface area contributed by atoms with Crippen molar-refractivity contribution in [3.8, 4) is 21.6 Å². The molecule has 1 unspecified atom stereocenters. The molecule has 1 aliphatic rings. The van der Waals surface area contributed by atoms with E-state index in [1.54, 1.807) is 13.0 Å². The zero-order chi connectivity index (χ0) is 22.6. The number of nitrogens with zero attached hydrogens (tertiary/aromatic N) is 3. The standard InChI is InChI=1S/C23H21N3O4S2/c1-3-18(23(27)28)26-13-21-22(32(26,29)30)11-20(31-21)15-6-4-14(5-7-15)16-8-9-19-17(10-16)12-24-25(19)2/h4-12,18H,3,13H2,1-2H3,(H,27,28). The Bertz CT molecular complexity index is 1450. The largest absolute Gasteiger partial charge is 0.480 e. The average molecular weight is 468 g/mol. The number of hydrogen-bond donors (Lipinski definition) is 1. The van der Waals surface area contributed by atoms with Gasteiger partial charge in [0, 0.05) is 22.2 Å². The van der Waals surface area contributed by atoms with Crippen LogP contribution in [0, 0.1) is 0 Å². The molecule has 9 heteroatoms. The highest BCUT2D eigenvalue weighted by atomic mass is 32.2. The molecule has 2 aromatic heterocycles. The summed E-state index contributed by atoms with van der Waals surface area (Å²) in [6.07, 6.45) is 2.07. The predicted octanol–water partition coefficient (Wildman–Crippen LogP) is 4.34. The van der Waals surface area contributed by atoms with Crippen LogP contribution in [0.15, 0.2) is 59.6 Å². The van der Waals surface area contributed by atoms with Crippen LogP contribution in [0.3, 0.4) is 0 Å². The van der Waals surface area contributed by atoms with Crippen molar-refractivity contribution in [1.82, 2.24) is 14.1 Å². The minimum absolute atomic E-state index is 0.107. The number of carbonyl (C=O) groups is 1. The molecule has 5 rings (SSSR count). The normalized spacial score (nSPS) is 16.3. The van der Waals surface area contributed by atoms with E-state index < -0.39 is 22.0 Å². The quantitative estimate of drug-likeness (QED) is 0.471. The Balaban J connectivity index is 1.43. The summed E-state index contributed by atoms with van der Waals surface area (Å²) in [4.78, 5) is 13.3. The van der Waals surface area contributed by atoms with E-state index in [9.17, 15) is 18.3 Å². The second-order valence-electron chi connectivity index (χ2n) is 7.83. The van der Waals surface area contributed by atoms with Gasteiger partial charge in [0.05, 0.1) is 23.2 Å². The van der Waals surface area contributed by atoms with Gasteiger partial charge in [-0.05, 0) is 41.3 Å². The van der Waals surface area contributed by atoms with Crippen LogP contribution in [0.2, 0.25) is 0 Å². The molecule has 32 heavy (non-hydrogen) atoms. The number of rotatable bonds is 5. The summed E-state index contributed by atoms with van der Waals surface area (Å²) in [6.45, 7) is 1.79. The topological polar surface area (TPSA) is 92.5 Å². The molecule has 1 aliphatic heterocycles. The monoisotopic (exact) mass is 467 g/mol. The van der Waals surface area contributed by atoms with Crippen LogP contribution in [0.25, 0.3) is 32.5 Å². The number of aryl methyl sites for hydroxylation is 1. The molecule has 4 aromatic rings. The first-order chi connectivity index (χ1) is 15.3. The molecule has 7 nitrogen and oxygen atoms in total. The van der Waals surface area contributed by atoms with Gasteiger partial charge >= 0.3 is 5.97 Å². The molecule has 0 fully saturated rings. The molecule has 0 saturated carbocycles. The van der Waals surface area contributed by atoms with E-state index in [-0.39, 0.29) is 17.9 Å². The molecular weight excluding hydrogens is 446 g/mol. The van der Waals surface area contributed by atoms with Crippen molar-refractivity contribution in [2.24, 2.45) is 7.05 Å². The maximum atomic E-state index is 12.9. The minimum atomic E-state index is -3.80. The fourth-order valence-corrected chi connectivity index (χ4v) is 7.59. The fraction of sp³-hybridized carbons (Fsp3) is 0.217. The highest BCUT2D eigenvalue weighted by molar-refractivity contribution is 7.89. The number of hydrogen-bond acceptors (Lipinski definition) is 5. The van der Waals surface area contributed by atoms with Gasteiger partial charge in [0.25, 0.3) is 0 Å². The van der Waals surface area contributed by atoms with Crippen molar-refractivity contribution >= 4 is 38.2 Å². The lowest BCUT2D eigenvalue weighted by molar-refractivity contribution is -0.141. The lowest BCUT2D eigenvalue weighted by Gasteiger charge is -2.21. The maximum Gasteiger partial charge on any atom is 0.322 e. The van der Waals surface area contributed by atoms with Crippen LogP contribution in [-0.2, 0) is 28.4 Å². The summed E-state index contributed by atoms with van der Waals surface area (Å²) < 4.78 is 28.8. The first-order valence-corrected chi connectivity index (χ1v) is 12.4. The van der Waals surface area contributed by atoms with E-state index in [1.807, 2.05) is 48.3 Å². The third kappa shape index (κ3) is 3.24. The van der Waals surface area contributed by atoms with E-state index in [1.165, 1.54) is 11.3 Å². The second kappa shape index (κ2) is 7.54. The van der Waals surface area contributed by atoms with Gasteiger partial charge in [0.15, 0.2) is 0 Å². The van der Waals surface area contributed by atoms with Gasteiger partial charge in [0.1, 0.15) is 6.04 Å². The molecule has 1 N–H and O–H groups in total. The summed E-state index contributed by atoms with van der Waals surface area (Å²) in [7, 11) is -1.89. The molecule has 0 aliphatic carbocycles. The number of aliphatic carboxylic acids is 1. The molecule has 164 valence electrons.